The van der Waals surface area contributed by atoms with E-state index in [-0.39, 0.29) is 5.91 Å². The molecule has 1 aliphatic heterocycles. The molecule has 0 radical (unpaired) electrons. The van der Waals surface area contributed by atoms with Crippen molar-refractivity contribution in [2.24, 2.45) is 7.05 Å². The van der Waals surface area contributed by atoms with Gasteiger partial charge in [0.25, 0.3) is 0 Å². The van der Waals surface area contributed by atoms with E-state index in [9.17, 15) is 4.79 Å². The van der Waals surface area contributed by atoms with Gasteiger partial charge in [-0.15, -0.1) is 0 Å². The van der Waals surface area contributed by atoms with Gasteiger partial charge in [0.15, 0.2) is 0 Å². The molecule has 0 spiro atoms. The molecule has 3 aromatic rings. The Morgan fingerprint density at radius 1 is 1.19 bits per heavy atom. The summed E-state index contributed by atoms with van der Waals surface area (Å²) in [5.41, 5.74) is 2.10. The second-order valence-corrected chi connectivity index (χ2v) is 7.08. The van der Waals surface area contributed by atoms with E-state index in [1.165, 1.54) is 0 Å². The van der Waals surface area contributed by atoms with E-state index < -0.39 is 5.41 Å². The zero-order chi connectivity index (χ0) is 18.1. The van der Waals surface area contributed by atoms with Crippen LogP contribution in [0.4, 0.5) is 5.95 Å². The fraction of sp³-hybridized carbons (Fsp3) is 0.300. The fourth-order valence-corrected chi connectivity index (χ4v) is 3.80. The first-order chi connectivity index (χ1) is 12.6. The number of rotatable bonds is 3. The SMILES string of the molecule is Cn1c(NC(=O)C2(c3ccccc3)CCOCC2)nc2cc(Cl)ccc21. The third-order valence-corrected chi connectivity index (χ3v) is 5.41. The molecular formula is C20H20ClN3O2. The minimum absolute atomic E-state index is 0.0449. The lowest BCUT2D eigenvalue weighted by molar-refractivity contribution is -0.125. The van der Waals surface area contributed by atoms with Crippen LogP contribution in [0.3, 0.4) is 0 Å². The average Bonchev–Trinajstić information content (AvgIpc) is 2.97. The van der Waals surface area contributed by atoms with Crippen molar-refractivity contribution >= 4 is 34.5 Å². The number of aryl methyl sites for hydroxylation is 1. The van der Waals surface area contributed by atoms with Crippen molar-refractivity contribution < 1.29 is 9.53 Å². The lowest BCUT2D eigenvalue weighted by atomic mass is 9.73. The summed E-state index contributed by atoms with van der Waals surface area (Å²) < 4.78 is 7.39. The summed E-state index contributed by atoms with van der Waals surface area (Å²) in [5, 5.41) is 3.67. The third kappa shape index (κ3) is 2.87. The number of nitrogens with one attached hydrogen (secondary N) is 1. The Labute approximate surface area is 156 Å². The number of fused-ring (bicyclic) bond motifs is 1. The molecule has 1 saturated heterocycles. The van der Waals surface area contributed by atoms with E-state index in [0.717, 1.165) is 16.6 Å². The highest BCUT2D eigenvalue weighted by Crippen LogP contribution is 2.36. The van der Waals surface area contributed by atoms with E-state index in [2.05, 4.69) is 10.3 Å². The van der Waals surface area contributed by atoms with Crippen molar-refractivity contribution in [1.29, 1.82) is 0 Å². The van der Waals surface area contributed by atoms with E-state index in [1.54, 1.807) is 6.07 Å². The summed E-state index contributed by atoms with van der Waals surface area (Å²) in [5.74, 6) is 0.477. The molecule has 4 rings (SSSR count). The van der Waals surface area contributed by atoms with Gasteiger partial charge >= 0.3 is 0 Å². The van der Waals surface area contributed by atoms with Gasteiger partial charge in [-0.2, -0.15) is 0 Å². The Morgan fingerprint density at radius 3 is 2.65 bits per heavy atom. The molecule has 6 heteroatoms. The number of anilines is 1. The molecule has 2 heterocycles. The monoisotopic (exact) mass is 369 g/mol. The van der Waals surface area contributed by atoms with Crippen molar-refractivity contribution in [3.63, 3.8) is 0 Å². The molecule has 0 bridgehead atoms. The minimum Gasteiger partial charge on any atom is -0.381 e. The maximum Gasteiger partial charge on any atom is 0.237 e. The Bertz CT molecular complexity index is 946. The Hall–Kier alpha value is -2.37. The lowest BCUT2D eigenvalue weighted by Gasteiger charge is -2.36. The second kappa shape index (κ2) is 6.74. The molecule has 2 aromatic carbocycles. The van der Waals surface area contributed by atoms with Crippen LogP contribution in [0.1, 0.15) is 18.4 Å². The normalized spacial score (nSPS) is 16.5. The number of carbonyl (C=O) groups is 1. The molecular weight excluding hydrogens is 350 g/mol. The first kappa shape index (κ1) is 17.1. The molecule has 134 valence electrons. The molecule has 1 N–H and O–H groups in total. The van der Waals surface area contributed by atoms with E-state index in [1.807, 2.05) is 54.1 Å². The van der Waals surface area contributed by atoms with Crippen molar-refractivity contribution in [1.82, 2.24) is 9.55 Å². The molecule has 0 saturated carbocycles. The van der Waals surface area contributed by atoms with Crippen LogP contribution in [0.25, 0.3) is 11.0 Å². The highest BCUT2D eigenvalue weighted by Gasteiger charge is 2.42. The first-order valence-corrected chi connectivity index (χ1v) is 9.05. The Morgan fingerprint density at radius 2 is 1.92 bits per heavy atom. The molecule has 1 fully saturated rings. The summed E-state index contributed by atoms with van der Waals surface area (Å²) in [6.45, 7) is 1.14. The summed E-state index contributed by atoms with van der Waals surface area (Å²) in [7, 11) is 1.89. The number of nitrogens with zero attached hydrogens (tertiary/aromatic N) is 2. The van der Waals surface area contributed by atoms with Crippen molar-refractivity contribution in [3.8, 4) is 0 Å². The number of hydrogen-bond acceptors (Lipinski definition) is 3. The summed E-state index contributed by atoms with van der Waals surface area (Å²) in [4.78, 5) is 17.9. The average molecular weight is 370 g/mol. The van der Waals surface area contributed by atoms with E-state index in [0.29, 0.717) is 37.0 Å². The molecule has 1 aliphatic rings. The number of carbonyl (C=O) groups excluding carboxylic acids is 1. The molecule has 0 atom stereocenters. The zero-order valence-electron chi connectivity index (χ0n) is 14.5. The largest absolute Gasteiger partial charge is 0.381 e. The van der Waals surface area contributed by atoms with Gasteiger partial charge in [-0.05, 0) is 36.6 Å². The maximum absolute atomic E-state index is 13.3. The quantitative estimate of drug-likeness (QED) is 0.761. The number of imidazole rings is 1. The standard InChI is InChI=1S/C20H20ClN3O2/c1-24-17-8-7-15(21)13-16(17)22-19(24)23-18(25)20(9-11-26-12-10-20)14-5-3-2-4-6-14/h2-8,13H,9-12H2,1H3,(H,22,23,25). The first-order valence-electron chi connectivity index (χ1n) is 8.67. The zero-order valence-corrected chi connectivity index (χ0v) is 15.3. The van der Waals surface area contributed by atoms with E-state index in [4.69, 9.17) is 16.3 Å². The topological polar surface area (TPSA) is 56.2 Å². The maximum atomic E-state index is 13.3. The van der Waals surface area contributed by atoms with Gasteiger partial charge in [0, 0.05) is 25.3 Å². The minimum atomic E-state index is -0.602. The number of amides is 1. The smallest absolute Gasteiger partial charge is 0.237 e. The molecule has 1 amide bonds. The van der Waals surface area contributed by atoms with Crippen LogP contribution in [-0.4, -0.2) is 28.7 Å². The summed E-state index contributed by atoms with van der Waals surface area (Å²) in [6.07, 6.45) is 1.30. The van der Waals surface area contributed by atoms with Gasteiger partial charge in [-0.3, -0.25) is 10.1 Å². The highest BCUT2D eigenvalue weighted by atomic mass is 35.5. The van der Waals surface area contributed by atoms with E-state index >= 15 is 0 Å². The lowest BCUT2D eigenvalue weighted by Crippen LogP contribution is -2.45. The van der Waals surface area contributed by atoms with Gasteiger partial charge in [0.1, 0.15) is 0 Å². The van der Waals surface area contributed by atoms with Gasteiger partial charge in [0.05, 0.1) is 16.4 Å². The number of ether oxygens (including phenoxy) is 1. The van der Waals surface area contributed by atoms with Crippen LogP contribution in [0.2, 0.25) is 5.02 Å². The van der Waals surface area contributed by atoms with Crippen LogP contribution in [-0.2, 0) is 22.0 Å². The summed E-state index contributed by atoms with van der Waals surface area (Å²) in [6, 6.07) is 15.5. The number of hydrogen-bond donors (Lipinski definition) is 1. The number of benzene rings is 2. The number of halogens is 1. The fourth-order valence-electron chi connectivity index (χ4n) is 3.63. The van der Waals surface area contributed by atoms with Crippen molar-refractivity contribution in [2.75, 3.05) is 18.5 Å². The molecule has 26 heavy (non-hydrogen) atoms. The predicted molar refractivity (Wildman–Crippen MR) is 103 cm³/mol. The Kier molecular flexibility index (Phi) is 4.42. The van der Waals surface area contributed by atoms with Crippen LogP contribution in [0.5, 0.6) is 0 Å². The van der Waals surface area contributed by atoms with Gasteiger partial charge < -0.3 is 9.30 Å². The number of aromatic nitrogens is 2. The van der Waals surface area contributed by atoms with Crippen LogP contribution >= 0.6 is 11.6 Å². The van der Waals surface area contributed by atoms with Gasteiger partial charge in [-0.1, -0.05) is 41.9 Å². The molecule has 0 aliphatic carbocycles. The molecule has 0 unspecified atom stereocenters. The van der Waals surface area contributed by atoms with Crippen LogP contribution in [0, 0.1) is 0 Å². The predicted octanol–water partition coefficient (Wildman–Crippen LogP) is 3.91. The van der Waals surface area contributed by atoms with Crippen molar-refractivity contribution in [2.45, 2.75) is 18.3 Å². The summed E-state index contributed by atoms with van der Waals surface area (Å²) >= 11 is 6.06. The molecule has 5 nitrogen and oxygen atoms in total. The van der Waals surface area contributed by atoms with Crippen LogP contribution < -0.4 is 5.32 Å². The Balaban J connectivity index is 1.70. The van der Waals surface area contributed by atoms with Gasteiger partial charge in [-0.25, -0.2) is 4.98 Å². The second-order valence-electron chi connectivity index (χ2n) is 6.64. The van der Waals surface area contributed by atoms with Crippen molar-refractivity contribution in [3.05, 3.63) is 59.1 Å². The highest BCUT2D eigenvalue weighted by molar-refractivity contribution is 6.31. The third-order valence-electron chi connectivity index (χ3n) is 5.18. The molecule has 1 aromatic heterocycles. The van der Waals surface area contributed by atoms with Crippen LogP contribution in [0.15, 0.2) is 48.5 Å². The van der Waals surface area contributed by atoms with Gasteiger partial charge in [0.2, 0.25) is 11.9 Å².